The van der Waals surface area contributed by atoms with Crippen LogP contribution in [0.4, 0.5) is 0 Å². The van der Waals surface area contributed by atoms with E-state index in [0.717, 1.165) is 45.3 Å². The highest BCUT2D eigenvalue weighted by Gasteiger charge is 2.42. The number of carbonyl (C=O) groups excluding carboxylic acids is 2. The molecule has 3 aliphatic heterocycles. The monoisotopic (exact) mass is 252 g/mol. The standard InChI is InChI=1S/C13H20N2O3/c16-12-8-15(10-4-3-7-18-9-10)13(17)11-5-1-2-6-14(11)12/h10-11H,1-9H2. The minimum absolute atomic E-state index is 0.110. The molecular formula is C13H20N2O3. The summed E-state index contributed by atoms with van der Waals surface area (Å²) >= 11 is 0. The number of rotatable bonds is 1. The van der Waals surface area contributed by atoms with Gasteiger partial charge in [0, 0.05) is 13.2 Å². The third-order valence-corrected chi connectivity index (χ3v) is 4.27. The average Bonchev–Trinajstić information content (AvgIpc) is 2.44. The summed E-state index contributed by atoms with van der Waals surface area (Å²) in [5.74, 6) is 0.259. The molecule has 0 aromatic carbocycles. The van der Waals surface area contributed by atoms with Gasteiger partial charge in [0.1, 0.15) is 12.6 Å². The second kappa shape index (κ2) is 4.88. The van der Waals surface area contributed by atoms with E-state index in [4.69, 9.17) is 4.74 Å². The van der Waals surface area contributed by atoms with Crippen LogP contribution >= 0.6 is 0 Å². The molecule has 0 spiro atoms. The van der Waals surface area contributed by atoms with Crippen molar-refractivity contribution in [1.82, 2.24) is 9.80 Å². The van der Waals surface area contributed by atoms with E-state index in [0.29, 0.717) is 6.61 Å². The van der Waals surface area contributed by atoms with Crippen molar-refractivity contribution < 1.29 is 14.3 Å². The van der Waals surface area contributed by atoms with Crippen LogP contribution in [-0.2, 0) is 14.3 Å². The van der Waals surface area contributed by atoms with Crippen LogP contribution in [0.1, 0.15) is 32.1 Å². The molecule has 2 unspecified atom stereocenters. The first kappa shape index (κ1) is 12.0. The maximum Gasteiger partial charge on any atom is 0.246 e. The minimum Gasteiger partial charge on any atom is -0.379 e. The summed E-state index contributed by atoms with van der Waals surface area (Å²) in [5.41, 5.74) is 0. The molecule has 3 fully saturated rings. The predicted octanol–water partition coefficient (Wildman–Crippen LogP) is 0.389. The highest BCUT2D eigenvalue weighted by molar-refractivity contribution is 5.95. The Morgan fingerprint density at radius 2 is 1.94 bits per heavy atom. The molecule has 0 N–H and O–H groups in total. The average molecular weight is 252 g/mol. The largest absolute Gasteiger partial charge is 0.379 e. The van der Waals surface area contributed by atoms with Crippen molar-refractivity contribution in [1.29, 1.82) is 0 Å². The van der Waals surface area contributed by atoms with Crippen LogP contribution in [0.3, 0.4) is 0 Å². The molecule has 5 nitrogen and oxygen atoms in total. The second-order valence-corrected chi connectivity index (χ2v) is 5.44. The first-order valence-corrected chi connectivity index (χ1v) is 6.95. The predicted molar refractivity (Wildman–Crippen MR) is 64.9 cm³/mol. The molecule has 100 valence electrons. The van der Waals surface area contributed by atoms with Crippen molar-refractivity contribution >= 4 is 11.8 Å². The first-order valence-electron chi connectivity index (χ1n) is 6.95. The van der Waals surface area contributed by atoms with E-state index < -0.39 is 0 Å². The van der Waals surface area contributed by atoms with Crippen LogP contribution in [-0.4, -0.2) is 60.0 Å². The van der Waals surface area contributed by atoms with Gasteiger partial charge in [-0.2, -0.15) is 0 Å². The molecule has 3 aliphatic rings. The fourth-order valence-electron chi connectivity index (χ4n) is 3.27. The Labute approximate surface area is 107 Å². The Balaban J connectivity index is 1.75. The molecule has 3 saturated heterocycles. The van der Waals surface area contributed by atoms with E-state index in [2.05, 4.69) is 0 Å². The van der Waals surface area contributed by atoms with Crippen LogP contribution in [0, 0.1) is 0 Å². The fourth-order valence-corrected chi connectivity index (χ4v) is 3.27. The Kier molecular flexibility index (Phi) is 3.24. The first-order chi connectivity index (χ1) is 8.77. The second-order valence-electron chi connectivity index (χ2n) is 5.44. The Morgan fingerprint density at radius 1 is 1.06 bits per heavy atom. The van der Waals surface area contributed by atoms with Gasteiger partial charge in [0.25, 0.3) is 0 Å². The van der Waals surface area contributed by atoms with Crippen LogP contribution < -0.4 is 0 Å². The minimum atomic E-state index is -0.193. The van der Waals surface area contributed by atoms with Gasteiger partial charge in [-0.25, -0.2) is 0 Å². The summed E-state index contributed by atoms with van der Waals surface area (Å²) in [6.07, 6.45) is 4.86. The van der Waals surface area contributed by atoms with E-state index in [1.807, 2.05) is 0 Å². The molecule has 2 atom stereocenters. The molecule has 0 bridgehead atoms. The van der Waals surface area contributed by atoms with Crippen molar-refractivity contribution in [3.63, 3.8) is 0 Å². The maximum absolute atomic E-state index is 12.5. The number of fused-ring (bicyclic) bond motifs is 1. The molecule has 0 aromatic heterocycles. The van der Waals surface area contributed by atoms with Crippen molar-refractivity contribution in [2.75, 3.05) is 26.3 Å². The number of hydrogen-bond donors (Lipinski definition) is 0. The zero-order chi connectivity index (χ0) is 12.5. The lowest BCUT2D eigenvalue weighted by molar-refractivity contribution is -0.162. The molecule has 0 radical (unpaired) electrons. The van der Waals surface area contributed by atoms with Crippen molar-refractivity contribution in [3.8, 4) is 0 Å². The molecule has 0 aliphatic carbocycles. The van der Waals surface area contributed by atoms with E-state index >= 15 is 0 Å². The van der Waals surface area contributed by atoms with Gasteiger partial charge in [-0.15, -0.1) is 0 Å². The lowest BCUT2D eigenvalue weighted by atomic mass is 9.96. The Hall–Kier alpha value is -1.10. The van der Waals surface area contributed by atoms with Gasteiger partial charge in [0.2, 0.25) is 11.8 Å². The molecule has 3 heterocycles. The normalized spacial score (nSPS) is 33.6. The molecular weight excluding hydrogens is 232 g/mol. The number of nitrogens with zero attached hydrogens (tertiary/aromatic N) is 2. The van der Waals surface area contributed by atoms with Crippen LogP contribution in [0.15, 0.2) is 0 Å². The van der Waals surface area contributed by atoms with E-state index in [1.165, 1.54) is 0 Å². The van der Waals surface area contributed by atoms with Gasteiger partial charge in [-0.1, -0.05) is 0 Å². The van der Waals surface area contributed by atoms with Gasteiger partial charge in [-0.3, -0.25) is 9.59 Å². The molecule has 5 heteroatoms. The number of piperidine rings is 1. The lowest BCUT2D eigenvalue weighted by Gasteiger charge is -2.45. The molecule has 0 saturated carbocycles. The Bertz CT molecular complexity index is 352. The molecule has 18 heavy (non-hydrogen) atoms. The van der Waals surface area contributed by atoms with Gasteiger partial charge in [0.15, 0.2) is 0 Å². The Morgan fingerprint density at radius 3 is 2.72 bits per heavy atom. The number of hydrogen-bond acceptors (Lipinski definition) is 3. The zero-order valence-corrected chi connectivity index (χ0v) is 10.6. The van der Waals surface area contributed by atoms with Crippen LogP contribution in [0.5, 0.6) is 0 Å². The van der Waals surface area contributed by atoms with Crippen molar-refractivity contribution in [2.45, 2.75) is 44.2 Å². The van der Waals surface area contributed by atoms with Gasteiger partial charge < -0.3 is 14.5 Å². The third-order valence-electron chi connectivity index (χ3n) is 4.27. The van der Waals surface area contributed by atoms with Gasteiger partial charge in [-0.05, 0) is 32.1 Å². The third kappa shape index (κ3) is 2.00. The van der Waals surface area contributed by atoms with E-state index in [1.54, 1.807) is 9.80 Å². The van der Waals surface area contributed by atoms with Crippen LogP contribution in [0.2, 0.25) is 0 Å². The van der Waals surface area contributed by atoms with Gasteiger partial charge >= 0.3 is 0 Å². The highest BCUT2D eigenvalue weighted by atomic mass is 16.5. The number of amides is 2. The summed E-state index contributed by atoms with van der Waals surface area (Å²) < 4.78 is 5.44. The summed E-state index contributed by atoms with van der Waals surface area (Å²) in [7, 11) is 0. The highest BCUT2D eigenvalue weighted by Crippen LogP contribution is 2.26. The summed E-state index contributed by atoms with van der Waals surface area (Å²) in [6.45, 7) is 2.38. The summed E-state index contributed by atoms with van der Waals surface area (Å²) in [6, 6.07) is -0.0822. The fraction of sp³-hybridized carbons (Fsp3) is 0.846. The molecule has 3 rings (SSSR count). The zero-order valence-electron chi connectivity index (χ0n) is 10.6. The maximum atomic E-state index is 12.5. The summed E-state index contributed by atoms with van der Waals surface area (Å²) in [4.78, 5) is 28.2. The topological polar surface area (TPSA) is 49.9 Å². The number of piperazine rings is 1. The smallest absolute Gasteiger partial charge is 0.246 e. The van der Waals surface area contributed by atoms with Crippen molar-refractivity contribution in [3.05, 3.63) is 0 Å². The quantitative estimate of drug-likeness (QED) is 0.678. The molecule has 0 aromatic rings. The van der Waals surface area contributed by atoms with Crippen molar-refractivity contribution in [2.24, 2.45) is 0 Å². The van der Waals surface area contributed by atoms with E-state index in [9.17, 15) is 9.59 Å². The SMILES string of the molecule is O=C1C2CCCCN2C(=O)CN1C1CCCOC1. The summed E-state index contributed by atoms with van der Waals surface area (Å²) in [5, 5.41) is 0. The number of ether oxygens (including phenoxy) is 1. The van der Waals surface area contributed by atoms with Crippen LogP contribution in [0.25, 0.3) is 0 Å². The number of carbonyl (C=O) groups is 2. The molecule has 2 amide bonds. The van der Waals surface area contributed by atoms with E-state index in [-0.39, 0.29) is 30.4 Å². The van der Waals surface area contributed by atoms with Gasteiger partial charge in [0.05, 0.1) is 12.6 Å². The lowest BCUT2D eigenvalue weighted by Crippen LogP contribution is -2.64.